The third-order valence-corrected chi connectivity index (χ3v) is 4.11. The van der Waals surface area contributed by atoms with Crippen LogP contribution in [0.5, 0.6) is 0 Å². The van der Waals surface area contributed by atoms with E-state index >= 15 is 0 Å². The van der Waals surface area contributed by atoms with E-state index in [-0.39, 0.29) is 11.2 Å². The lowest BCUT2D eigenvalue weighted by atomic mass is 10.0. The molecule has 0 saturated heterocycles. The number of rotatable bonds is 7. The SMILES string of the molecule is CCCCC(CCC)n1c(C(C)Cl)nc2cc(F)ccc21. The predicted molar refractivity (Wildman–Crippen MR) is 87.4 cm³/mol. The molecule has 0 fully saturated rings. The van der Waals surface area contributed by atoms with Crippen molar-refractivity contribution in [1.29, 1.82) is 0 Å². The molecule has 116 valence electrons. The van der Waals surface area contributed by atoms with Crippen molar-refractivity contribution in [1.82, 2.24) is 9.55 Å². The van der Waals surface area contributed by atoms with Crippen molar-refractivity contribution >= 4 is 22.6 Å². The number of hydrogen-bond acceptors (Lipinski definition) is 1. The molecular weight excluding hydrogens is 287 g/mol. The van der Waals surface area contributed by atoms with Crippen LogP contribution in [-0.2, 0) is 0 Å². The fourth-order valence-corrected chi connectivity index (χ4v) is 3.08. The predicted octanol–water partition coefficient (Wildman–Crippen LogP) is 6.01. The van der Waals surface area contributed by atoms with Crippen molar-refractivity contribution in [2.75, 3.05) is 0 Å². The Hall–Kier alpha value is -1.09. The Morgan fingerprint density at radius 3 is 2.62 bits per heavy atom. The Morgan fingerprint density at radius 2 is 2.00 bits per heavy atom. The minimum absolute atomic E-state index is 0.179. The molecule has 0 aliphatic carbocycles. The lowest BCUT2D eigenvalue weighted by Gasteiger charge is -2.22. The van der Waals surface area contributed by atoms with Gasteiger partial charge in [0.05, 0.1) is 16.4 Å². The number of fused-ring (bicyclic) bond motifs is 1. The van der Waals surface area contributed by atoms with E-state index in [1.54, 1.807) is 0 Å². The van der Waals surface area contributed by atoms with Crippen molar-refractivity contribution in [3.63, 3.8) is 0 Å². The van der Waals surface area contributed by atoms with Gasteiger partial charge in [0.1, 0.15) is 11.6 Å². The van der Waals surface area contributed by atoms with Crippen LogP contribution in [0.15, 0.2) is 18.2 Å². The van der Waals surface area contributed by atoms with E-state index in [0.717, 1.165) is 30.6 Å². The van der Waals surface area contributed by atoms with Crippen LogP contribution in [0.1, 0.15) is 70.1 Å². The Labute approximate surface area is 131 Å². The van der Waals surface area contributed by atoms with Gasteiger partial charge in [0, 0.05) is 12.1 Å². The van der Waals surface area contributed by atoms with Gasteiger partial charge in [-0.15, -0.1) is 11.6 Å². The first-order valence-corrected chi connectivity index (χ1v) is 8.33. The average molecular weight is 311 g/mol. The second-order valence-corrected chi connectivity index (χ2v) is 6.33. The van der Waals surface area contributed by atoms with Crippen molar-refractivity contribution in [2.45, 2.75) is 64.3 Å². The van der Waals surface area contributed by atoms with Crippen molar-refractivity contribution < 1.29 is 4.39 Å². The summed E-state index contributed by atoms with van der Waals surface area (Å²) < 4.78 is 15.7. The van der Waals surface area contributed by atoms with Crippen molar-refractivity contribution in [2.24, 2.45) is 0 Å². The monoisotopic (exact) mass is 310 g/mol. The van der Waals surface area contributed by atoms with Gasteiger partial charge in [0.15, 0.2) is 0 Å². The highest BCUT2D eigenvalue weighted by Crippen LogP contribution is 2.32. The fraction of sp³-hybridized carbons (Fsp3) is 0.588. The number of aromatic nitrogens is 2. The van der Waals surface area contributed by atoms with E-state index in [9.17, 15) is 4.39 Å². The minimum atomic E-state index is -0.249. The normalized spacial score (nSPS) is 14.5. The highest BCUT2D eigenvalue weighted by molar-refractivity contribution is 6.20. The maximum atomic E-state index is 13.4. The summed E-state index contributed by atoms with van der Waals surface area (Å²) in [5.41, 5.74) is 1.70. The molecule has 2 rings (SSSR count). The number of nitrogens with zero attached hydrogens (tertiary/aromatic N) is 2. The first-order valence-electron chi connectivity index (χ1n) is 7.89. The molecule has 2 nitrogen and oxygen atoms in total. The molecular formula is C17H24ClFN2. The summed E-state index contributed by atoms with van der Waals surface area (Å²) in [6.07, 6.45) is 5.68. The highest BCUT2D eigenvalue weighted by atomic mass is 35.5. The van der Waals surface area contributed by atoms with Crippen LogP contribution in [0.3, 0.4) is 0 Å². The second kappa shape index (κ2) is 7.26. The molecule has 0 aliphatic heterocycles. The van der Waals surface area contributed by atoms with Gasteiger partial charge < -0.3 is 4.57 Å². The van der Waals surface area contributed by atoms with Crippen LogP contribution in [0.4, 0.5) is 4.39 Å². The molecule has 4 heteroatoms. The van der Waals surface area contributed by atoms with Crippen LogP contribution in [-0.4, -0.2) is 9.55 Å². The molecule has 1 aromatic heterocycles. The molecule has 2 atom stereocenters. The van der Waals surface area contributed by atoms with Crippen LogP contribution in [0, 0.1) is 5.82 Å². The number of hydrogen-bond donors (Lipinski definition) is 0. The fourth-order valence-electron chi connectivity index (χ4n) is 2.93. The van der Waals surface area contributed by atoms with Crippen molar-refractivity contribution in [3.05, 3.63) is 29.8 Å². The molecule has 1 aromatic carbocycles. The lowest BCUT2D eigenvalue weighted by Crippen LogP contribution is -2.13. The largest absolute Gasteiger partial charge is 0.324 e. The third kappa shape index (κ3) is 3.57. The maximum absolute atomic E-state index is 13.4. The zero-order chi connectivity index (χ0) is 15.4. The summed E-state index contributed by atoms with van der Waals surface area (Å²) >= 11 is 6.32. The lowest BCUT2D eigenvalue weighted by molar-refractivity contribution is 0.414. The molecule has 2 unspecified atom stereocenters. The summed E-state index contributed by atoms with van der Waals surface area (Å²) in [5.74, 6) is 0.605. The molecule has 0 radical (unpaired) electrons. The number of unbranched alkanes of at least 4 members (excludes halogenated alkanes) is 1. The maximum Gasteiger partial charge on any atom is 0.127 e. The molecule has 1 heterocycles. The second-order valence-electron chi connectivity index (χ2n) is 5.67. The molecule has 21 heavy (non-hydrogen) atoms. The van der Waals surface area contributed by atoms with E-state index in [2.05, 4.69) is 23.4 Å². The Bertz CT molecular complexity index is 592. The molecule has 2 aromatic rings. The van der Waals surface area contributed by atoms with Crippen LogP contribution in [0.25, 0.3) is 11.0 Å². The van der Waals surface area contributed by atoms with Crippen LogP contribution >= 0.6 is 11.6 Å². The Morgan fingerprint density at radius 1 is 1.24 bits per heavy atom. The molecule has 0 amide bonds. The van der Waals surface area contributed by atoms with Gasteiger partial charge in [0.2, 0.25) is 0 Å². The summed E-state index contributed by atoms with van der Waals surface area (Å²) in [7, 11) is 0. The van der Waals surface area contributed by atoms with Crippen LogP contribution < -0.4 is 0 Å². The summed E-state index contributed by atoms with van der Waals surface area (Å²) in [6, 6.07) is 5.22. The molecule has 0 aliphatic rings. The summed E-state index contributed by atoms with van der Waals surface area (Å²) in [6.45, 7) is 6.33. The van der Waals surface area contributed by atoms with E-state index in [0.29, 0.717) is 11.6 Å². The Kier molecular flexibility index (Phi) is 5.63. The minimum Gasteiger partial charge on any atom is -0.324 e. The van der Waals surface area contributed by atoms with Gasteiger partial charge in [-0.25, -0.2) is 9.37 Å². The van der Waals surface area contributed by atoms with Gasteiger partial charge in [-0.2, -0.15) is 0 Å². The first-order chi connectivity index (χ1) is 10.1. The van der Waals surface area contributed by atoms with Gasteiger partial charge in [-0.05, 0) is 31.9 Å². The number of halogens is 2. The standard InChI is InChI=1S/C17H24ClFN2/c1-4-6-8-14(7-5-2)21-16-10-9-13(19)11-15(16)20-17(21)12(3)18/h9-12,14H,4-8H2,1-3H3. The summed E-state index contributed by atoms with van der Waals surface area (Å²) in [5, 5.41) is -0.179. The number of imidazole rings is 1. The third-order valence-electron chi connectivity index (χ3n) is 3.91. The number of benzene rings is 1. The van der Waals surface area contributed by atoms with Gasteiger partial charge in [-0.3, -0.25) is 0 Å². The van der Waals surface area contributed by atoms with E-state index < -0.39 is 0 Å². The molecule has 0 bridgehead atoms. The van der Waals surface area contributed by atoms with E-state index in [1.165, 1.54) is 25.0 Å². The molecule has 0 saturated carbocycles. The molecule has 0 spiro atoms. The Balaban J connectivity index is 2.53. The van der Waals surface area contributed by atoms with E-state index in [1.807, 2.05) is 13.0 Å². The van der Waals surface area contributed by atoms with Crippen molar-refractivity contribution in [3.8, 4) is 0 Å². The smallest absolute Gasteiger partial charge is 0.127 e. The van der Waals surface area contributed by atoms with Gasteiger partial charge in [-0.1, -0.05) is 33.1 Å². The average Bonchev–Trinajstić information content (AvgIpc) is 2.82. The van der Waals surface area contributed by atoms with Gasteiger partial charge >= 0.3 is 0 Å². The topological polar surface area (TPSA) is 17.8 Å². The van der Waals surface area contributed by atoms with E-state index in [4.69, 9.17) is 11.6 Å². The first kappa shape index (κ1) is 16.3. The van der Waals surface area contributed by atoms with Gasteiger partial charge in [0.25, 0.3) is 0 Å². The number of alkyl halides is 1. The molecule has 0 N–H and O–H groups in total. The quantitative estimate of drug-likeness (QED) is 0.573. The zero-order valence-electron chi connectivity index (χ0n) is 13.1. The highest BCUT2D eigenvalue weighted by Gasteiger charge is 2.21. The zero-order valence-corrected chi connectivity index (χ0v) is 13.8. The summed E-state index contributed by atoms with van der Waals surface area (Å²) in [4.78, 5) is 4.58. The van der Waals surface area contributed by atoms with Crippen LogP contribution in [0.2, 0.25) is 0 Å².